The largest absolute Gasteiger partial charge is 0.461 e. The van der Waals surface area contributed by atoms with Crippen molar-refractivity contribution in [3.8, 4) is 12.3 Å². The summed E-state index contributed by atoms with van der Waals surface area (Å²) in [6, 6.07) is 7.20. The third-order valence-electron chi connectivity index (χ3n) is 7.77. The lowest BCUT2D eigenvalue weighted by molar-refractivity contribution is -0.168. The maximum Gasteiger partial charge on any atom is 0.329 e. The molecule has 236 valence electrons. The number of likely N-dealkylation sites (N-methyl/N-ethyl adjacent to an activating group) is 1. The molecule has 1 aromatic rings. The van der Waals surface area contributed by atoms with E-state index in [2.05, 4.69) is 16.6 Å². The average molecular weight is 598 g/mol. The number of carbonyl (C=O) groups excluding carboxylic acids is 5. The molecule has 0 bridgehead atoms. The maximum absolute atomic E-state index is 13.8. The predicted molar refractivity (Wildman–Crippen MR) is 162 cm³/mol. The van der Waals surface area contributed by atoms with E-state index >= 15 is 0 Å². The van der Waals surface area contributed by atoms with Crippen molar-refractivity contribution < 1.29 is 33.4 Å². The van der Waals surface area contributed by atoms with Gasteiger partial charge in [-0.2, -0.15) is 0 Å². The Bertz CT molecular complexity index is 1170. The Kier molecular flexibility index (Phi) is 13.2. The van der Waals surface area contributed by atoms with Gasteiger partial charge in [0.1, 0.15) is 18.2 Å². The first kappa shape index (κ1) is 35.3. The van der Waals surface area contributed by atoms with Crippen molar-refractivity contribution >= 4 is 29.7 Å². The molecule has 0 aliphatic carbocycles. The van der Waals surface area contributed by atoms with E-state index in [0.717, 1.165) is 5.56 Å². The zero-order valence-electron chi connectivity index (χ0n) is 26.5. The monoisotopic (exact) mass is 597 g/mol. The second-order valence-electron chi connectivity index (χ2n) is 12.3. The molecule has 0 unspecified atom stereocenters. The Morgan fingerprint density at radius 2 is 1.67 bits per heavy atom. The highest BCUT2D eigenvalue weighted by atomic mass is 16.6. The van der Waals surface area contributed by atoms with Crippen molar-refractivity contribution in [3.63, 3.8) is 0 Å². The molecule has 1 fully saturated rings. The zero-order chi connectivity index (χ0) is 32.3. The van der Waals surface area contributed by atoms with Crippen LogP contribution in [0.1, 0.15) is 72.8 Å². The van der Waals surface area contributed by atoms with Crippen LogP contribution in [0, 0.1) is 29.6 Å². The van der Waals surface area contributed by atoms with Crippen molar-refractivity contribution in [1.82, 2.24) is 15.5 Å². The van der Waals surface area contributed by atoms with Crippen LogP contribution in [0.4, 0.5) is 0 Å². The molecule has 2 rings (SSSR count). The van der Waals surface area contributed by atoms with Gasteiger partial charge in [0, 0.05) is 26.4 Å². The number of ether oxygens (including phenoxy) is 2. The summed E-state index contributed by atoms with van der Waals surface area (Å²) in [5.74, 6) is -1.14. The Labute approximate surface area is 255 Å². The van der Waals surface area contributed by atoms with Crippen LogP contribution >= 0.6 is 0 Å². The average Bonchev–Trinajstić information content (AvgIpc) is 2.95. The lowest BCUT2D eigenvalue weighted by atomic mass is 9.82. The molecular formula is C33H47N3O7. The van der Waals surface area contributed by atoms with Crippen LogP contribution in [-0.2, 0) is 39.9 Å². The molecule has 1 aliphatic heterocycles. The molecule has 0 radical (unpaired) electrons. The zero-order valence-corrected chi connectivity index (χ0v) is 26.5. The Balaban J connectivity index is 2.52. The second-order valence-corrected chi connectivity index (χ2v) is 12.3. The number of benzene rings is 1. The van der Waals surface area contributed by atoms with Gasteiger partial charge in [0.25, 0.3) is 5.91 Å². The van der Waals surface area contributed by atoms with E-state index in [9.17, 15) is 24.0 Å². The number of nitrogens with zero attached hydrogens (tertiary/aromatic N) is 1. The molecule has 1 heterocycles. The molecule has 4 atom stereocenters. The lowest BCUT2D eigenvalue weighted by Gasteiger charge is -2.35. The van der Waals surface area contributed by atoms with Crippen LogP contribution in [0.15, 0.2) is 30.3 Å². The molecule has 1 aromatic carbocycles. The summed E-state index contributed by atoms with van der Waals surface area (Å²) in [7, 11) is 1.49. The number of unbranched alkanes of at least 4 members (excludes halogenated alkanes) is 1. The number of hydrogen-bond acceptors (Lipinski definition) is 7. The number of esters is 2. The van der Waals surface area contributed by atoms with Crippen molar-refractivity contribution in [3.05, 3.63) is 35.9 Å². The first-order valence-electron chi connectivity index (χ1n) is 14.9. The second kappa shape index (κ2) is 16.1. The maximum atomic E-state index is 13.8. The summed E-state index contributed by atoms with van der Waals surface area (Å²) in [5.41, 5.74) is -0.409. The topological polar surface area (TPSA) is 131 Å². The van der Waals surface area contributed by atoms with Crippen LogP contribution in [-0.4, -0.2) is 72.4 Å². The van der Waals surface area contributed by atoms with E-state index in [-0.39, 0.29) is 25.3 Å². The van der Waals surface area contributed by atoms with E-state index in [1.54, 1.807) is 41.5 Å². The lowest BCUT2D eigenvalue weighted by Crippen LogP contribution is -2.56. The molecule has 10 nitrogen and oxygen atoms in total. The number of cyclic esters (lactones) is 2. The van der Waals surface area contributed by atoms with Crippen LogP contribution < -0.4 is 10.6 Å². The fourth-order valence-corrected chi connectivity index (χ4v) is 4.82. The molecule has 0 aromatic heterocycles. The molecule has 10 heteroatoms. The van der Waals surface area contributed by atoms with Gasteiger partial charge in [0.2, 0.25) is 11.8 Å². The summed E-state index contributed by atoms with van der Waals surface area (Å²) in [5, 5.41) is 5.54. The number of rotatable bonds is 7. The minimum absolute atomic E-state index is 0.0350. The summed E-state index contributed by atoms with van der Waals surface area (Å²) in [4.78, 5) is 68.6. The minimum Gasteiger partial charge on any atom is -0.461 e. The van der Waals surface area contributed by atoms with Crippen LogP contribution in [0.2, 0.25) is 0 Å². The highest BCUT2D eigenvalue weighted by molar-refractivity contribution is 5.92. The van der Waals surface area contributed by atoms with Crippen LogP contribution in [0.5, 0.6) is 0 Å². The number of amides is 3. The van der Waals surface area contributed by atoms with Gasteiger partial charge in [0.15, 0.2) is 6.10 Å². The smallest absolute Gasteiger partial charge is 0.329 e. The molecular weight excluding hydrogens is 550 g/mol. The quantitative estimate of drug-likeness (QED) is 0.281. The summed E-state index contributed by atoms with van der Waals surface area (Å²) in [6.45, 7) is 10.2. The molecule has 1 saturated heterocycles. The van der Waals surface area contributed by atoms with Gasteiger partial charge in [-0.15, -0.1) is 12.3 Å². The van der Waals surface area contributed by atoms with Crippen molar-refractivity contribution in [1.29, 1.82) is 0 Å². The van der Waals surface area contributed by atoms with Crippen LogP contribution in [0.3, 0.4) is 0 Å². The molecule has 0 spiro atoms. The van der Waals surface area contributed by atoms with Gasteiger partial charge in [-0.25, -0.2) is 4.79 Å². The summed E-state index contributed by atoms with van der Waals surface area (Å²) < 4.78 is 11.6. The van der Waals surface area contributed by atoms with Gasteiger partial charge < -0.3 is 25.0 Å². The summed E-state index contributed by atoms with van der Waals surface area (Å²) >= 11 is 0. The number of hydrogen-bond donors (Lipinski definition) is 2. The number of terminal acetylenes is 1. The fourth-order valence-electron chi connectivity index (χ4n) is 4.82. The molecule has 1 aliphatic rings. The highest BCUT2D eigenvalue weighted by Crippen LogP contribution is 2.29. The highest BCUT2D eigenvalue weighted by Gasteiger charge is 2.43. The number of nitrogens with one attached hydrogen (secondary N) is 2. The molecule has 0 saturated carbocycles. The third-order valence-corrected chi connectivity index (χ3v) is 7.77. The minimum atomic E-state index is -1.23. The van der Waals surface area contributed by atoms with Crippen molar-refractivity contribution in [2.24, 2.45) is 17.3 Å². The van der Waals surface area contributed by atoms with E-state index in [4.69, 9.17) is 15.9 Å². The van der Waals surface area contributed by atoms with E-state index in [0.29, 0.717) is 19.3 Å². The normalized spacial score (nSPS) is 24.5. The number of carbonyl (C=O) groups is 5. The SMILES string of the molecule is C#CCCC[C@H]1OC(=O)CCNC(=O)[C@@H](Cc2ccccc2)N(C)C(=O)[C@@H](C(C)C)OC(=O)[C@H](C(C)C)NC(=O)C1(C)C. The molecule has 3 amide bonds. The molecule has 43 heavy (non-hydrogen) atoms. The van der Waals surface area contributed by atoms with Crippen LogP contribution in [0.25, 0.3) is 0 Å². The van der Waals surface area contributed by atoms with E-state index in [1.165, 1.54) is 11.9 Å². The third kappa shape index (κ3) is 9.84. The Morgan fingerprint density at radius 1 is 1.02 bits per heavy atom. The van der Waals surface area contributed by atoms with Gasteiger partial charge in [-0.05, 0) is 44.1 Å². The predicted octanol–water partition coefficient (Wildman–Crippen LogP) is 3.03. The molecule has 2 N–H and O–H groups in total. The summed E-state index contributed by atoms with van der Waals surface area (Å²) in [6.07, 6.45) is 4.71. The van der Waals surface area contributed by atoms with E-state index < -0.39 is 65.3 Å². The van der Waals surface area contributed by atoms with Gasteiger partial charge in [-0.1, -0.05) is 58.0 Å². The van der Waals surface area contributed by atoms with Gasteiger partial charge >= 0.3 is 11.9 Å². The fraction of sp³-hybridized carbons (Fsp3) is 0.606. The van der Waals surface area contributed by atoms with Gasteiger partial charge in [0.05, 0.1) is 11.8 Å². The van der Waals surface area contributed by atoms with Crippen molar-refractivity contribution in [2.45, 2.75) is 97.9 Å². The van der Waals surface area contributed by atoms with E-state index in [1.807, 2.05) is 30.3 Å². The standard InChI is InChI=1S/C33H47N3O7/c1-9-10-12-17-25-33(6,7)32(41)35-27(21(2)3)31(40)43-28(22(4)5)30(39)36(8)24(20-23-15-13-11-14-16-23)29(38)34-19-18-26(37)42-25/h1,11,13-16,21-22,24-25,27-28H,10,12,17-20H2,2-8H3,(H,34,38)(H,35,41)/t24-,25-,27+,28-/m1/s1. The first-order chi connectivity index (χ1) is 20.2. The Morgan fingerprint density at radius 3 is 2.26 bits per heavy atom. The Hall–Kier alpha value is -3.87. The van der Waals surface area contributed by atoms with Gasteiger partial charge in [-0.3, -0.25) is 19.2 Å². The van der Waals surface area contributed by atoms with Crippen molar-refractivity contribution in [2.75, 3.05) is 13.6 Å². The first-order valence-corrected chi connectivity index (χ1v) is 14.9.